The quantitative estimate of drug-likeness (QED) is 0.849. The fourth-order valence-electron chi connectivity index (χ4n) is 1.94. The normalized spacial score (nSPS) is 24.7. The van der Waals surface area contributed by atoms with Crippen LogP contribution in [0.1, 0.15) is 12.0 Å². The van der Waals surface area contributed by atoms with Crippen molar-refractivity contribution in [3.8, 4) is 5.75 Å². The van der Waals surface area contributed by atoms with Gasteiger partial charge in [0.05, 0.1) is 19.3 Å². The molecule has 1 saturated heterocycles. The Morgan fingerprint density at radius 3 is 2.94 bits per heavy atom. The Hall–Kier alpha value is -1.13. The third-order valence-electron chi connectivity index (χ3n) is 2.83. The van der Waals surface area contributed by atoms with Crippen LogP contribution in [0.15, 0.2) is 18.2 Å². The summed E-state index contributed by atoms with van der Waals surface area (Å²) >= 11 is 0. The molecule has 0 radical (unpaired) electrons. The van der Waals surface area contributed by atoms with Crippen LogP contribution >= 0.6 is 0 Å². The lowest BCUT2D eigenvalue weighted by atomic mass is 9.94. The lowest BCUT2D eigenvalue weighted by Crippen LogP contribution is -2.31. The van der Waals surface area contributed by atoms with Crippen LogP contribution in [-0.2, 0) is 11.2 Å². The second-order valence-corrected chi connectivity index (χ2v) is 4.17. The van der Waals surface area contributed by atoms with E-state index in [9.17, 15) is 9.50 Å². The summed E-state index contributed by atoms with van der Waals surface area (Å²) in [6.45, 7) is 0.885. The molecule has 4 heteroatoms. The molecule has 1 heterocycles. The van der Waals surface area contributed by atoms with Gasteiger partial charge in [-0.1, -0.05) is 6.07 Å². The maximum absolute atomic E-state index is 13.4. The molecule has 1 aromatic carbocycles. The van der Waals surface area contributed by atoms with E-state index in [-0.39, 0.29) is 5.75 Å². The minimum atomic E-state index is -0.846. The topological polar surface area (TPSA) is 38.7 Å². The van der Waals surface area contributed by atoms with E-state index in [4.69, 9.17) is 9.47 Å². The van der Waals surface area contributed by atoms with Gasteiger partial charge in [0.1, 0.15) is 0 Å². The van der Waals surface area contributed by atoms with E-state index < -0.39 is 11.4 Å². The lowest BCUT2D eigenvalue weighted by molar-refractivity contribution is 0.0270. The number of benzene rings is 1. The van der Waals surface area contributed by atoms with E-state index in [1.54, 1.807) is 12.1 Å². The molecule has 1 N–H and O–H groups in total. The molecular formula is C12H15FO3. The summed E-state index contributed by atoms with van der Waals surface area (Å²) in [4.78, 5) is 0. The maximum atomic E-state index is 13.4. The zero-order chi connectivity index (χ0) is 11.6. The van der Waals surface area contributed by atoms with Gasteiger partial charge in [-0.2, -0.15) is 0 Å². The second-order valence-electron chi connectivity index (χ2n) is 4.17. The summed E-state index contributed by atoms with van der Waals surface area (Å²) in [5.74, 6) is -0.180. The summed E-state index contributed by atoms with van der Waals surface area (Å²) in [7, 11) is 1.43. The number of ether oxygens (including phenoxy) is 2. The largest absolute Gasteiger partial charge is 0.494 e. The minimum absolute atomic E-state index is 0.221. The van der Waals surface area contributed by atoms with Crippen LogP contribution in [0.25, 0.3) is 0 Å². The number of hydrogen-bond donors (Lipinski definition) is 1. The molecule has 3 nitrogen and oxygen atoms in total. The third kappa shape index (κ3) is 2.33. The summed E-state index contributed by atoms with van der Waals surface area (Å²) in [5, 5.41) is 10.1. The molecule has 0 bridgehead atoms. The number of halogens is 1. The average molecular weight is 226 g/mol. The molecule has 1 fully saturated rings. The number of methoxy groups -OCH3 is 1. The van der Waals surface area contributed by atoms with E-state index in [0.717, 1.165) is 5.56 Å². The maximum Gasteiger partial charge on any atom is 0.165 e. The lowest BCUT2D eigenvalue weighted by Gasteiger charge is -2.20. The molecule has 88 valence electrons. The molecular weight excluding hydrogens is 211 g/mol. The standard InChI is InChI=1S/C12H15FO3/c1-15-11-3-2-9(6-10(11)13)7-12(14)4-5-16-8-12/h2-3,6,14H,4-5,7-8H2,1H3. The van der Waals surface area contributed by atoms with Crippen molar-refractivity contribution in [2.24, 2.45) is 0 Å². The summed E-state index contributed by atoms with van der Waals surface area (Å²) in [6, 6.07) is 4.73. The highest BCUT2D eigenvalue weighted by Crippen LogP contribution is 2.25. The molecule has 1 aliphatic heterocycles. The first kappa shape index (κ1) is 11.4. The molecule has 0 saturated carbocycles. The van der Waals surface area contributed by atoms with Crippen LogP contribution < -0.4 is 4.74 Å². The van der Waals surface area contributed by atoms with Crippen molar-refractivity contribution in [3.63, 3.8) is 0 Å². The van der Waals surface area contributed by atoms with Gasteiger partial charge >= 0.3 is 0 Å². The molecule has 0 amide bonds. The van der Waals surface area contributed by atoms with Gasteiger partial charge in [0.25, 0.3) is 0 Å². The van der Waals surface area contributed by atoms with Crippen LogP contribution in [0.3, 0.4) is 0 Å². The zero-order valence-corrected chi connectivity index (χ0v) is 9.20. The van der Waals surface area contributed by atoms with Crippen molar-refractivity contribution >= 4 is 0 Å². The Morgan fingerprint density at radius 1 is 1.56 bits per heavy atom. The highest BCUT2D eigenvalue weighted by molar-refractivity contribution is 5.30. The molecule has 2 rings (SSSR count). The number of hydrogen-bond acceptors (Lipinski definition) is 3. The highest BCUT2D eigenvalue weighted by Gasteiger charge is 2.32. The van der Waals surface area contributed by atoms with Gasteiger partial charge in [-0.3, -0.25) is 0 Å². The fourth-order valence-corrected chi connectivity index (χ4v) is 1.94. The van der Waals surface area contributed by atoms with Crippen molar-refractivity contribution in [1.29, 1.82) is 0 Å². The molecule has 0 spiro atoms. The van der Waals surface area contributed by atoms with Gasteiger partial charge in [0.2, 0.25) is 0 Å². The average Bonchev–Trinajstić information content (AvgIpc) is 2.65. The Bertz CT molecular complexity index is 373. The van der Waals surface area contributed by atoms with Gasteiger partial charge in [0.15, 0.2) is 11.6 Å². The van der Waals surface area contributed by atoms with Crippen LogP contribution in [0.5, 0.6) is 5.75 Å². The second kappa shape index (κ2) is 4.39. The highest BCUT2D eigenvalue weighted by atomic mass is 19.1. The van der Waals surface area contributed by atoms with E-state index >= 15 is 0 Å². The van der Waals surface area contributed by atoms with Crippen LogP contribution in [-0.4, -0.2) is 31.0 Å². The number of aliphatic hydroxyl groups is 1. The number of rotatable bonds is 3. The van der Waals surface area contributed by atoms with Gasteiger partial charge < -0.3 is 14.6 Å². The minimum Gasteiger partial charge on any atom is -0.494 e. The first-order chi connectivity index (χ1) is 7.63. The molecule has 1 atom stereocenters. The van der Waals surface area contributed by atoms with Gasteiger partial charge in [0, 0.05) is 19.4 Å². The summed E-state index contributed by atoms with van der Waals surface area (Å²) < 4.78 is 23.4. The van der Waals surface area contributed by atoms with Crippen molar-refractivity contribution < 1.29 is 19.0 Å². The van der Waals surface area contributed by atoms with Gasteiger partial charge in [-0.15, -0.1) is 0 Å². The van der Waals surface area contributed by atoms with Gasteiger partial charge in [-0.25, -0.2) is 4.39 Å². The van der Waals surface area contributed by atoms with Crippen molar-refractivity contribution in [1.82, 2.24) is 0 Å². The van der Waals surface area contributed by atoms with E-state index in [2.05, 4.69) is 0 Å². The molecule has 16 heavy (non-hydrogen) atoms. The summed E-state index contributed by atoms with van der Waals surface area (Å²) in [5.41, 5.74) is -0.0904. The Labute approximate surface area is 93.8 Å². The Kier molecular flexibility index (Phi) is 3.12. The van der Waals surface area contributed by atoms with Crippen LogP contribution in [0.4, 0.5) is 4.39 Å². The molecule has 1 unspecified atom stereocenters. The van der Waals surface area contributed by atoms with E-state index in [0.29, 0.717) is 26.1 Å². The Morgan fingerprint density at radius 2 is 2.38 bits per heavy atom. The summed E-state index contributed by atoms with van der Waals surface area (Å²) in [6.07, 6.45) is 1.01. The molecule has 0 aliphatic carbocycles. The van der Waals surface area contributed by atoms with Gasteiger partial charge in [-0.05, 0) is 17.7 Å². The van der Waals surface area contributed by atoms with Crippen molar-refractivity contribution in [2.75, 3.05) is 20.3 Å². The first-order valence-electron chi connectivity index (χ1n) is 5.25. The molecule has 1 aliphatic rings. The van der Waals surface area contributed by atoms with Crippen LogP contribution in [0.2, 0.25) is 0 Å². The Balaban J connectivity index is 2.13. The molecule has 0 aromatic heterocycles. The van der Waals surface area contributed by atoms with E-state index in [1.165, 1.54) is 13.2 Å². The molecule has 1 aromatic rings. The fraction of sp³-hybridized carbons (Fsp3) is 0.500. The monoisotopic (exact) mass is 226 g/mol. The smallest absolute Gasteiger partial charge is 0.165 e. The van der Waals surface area contributed by atoms with Crippen molar-refractivity contribution in [3.05, 3.63) is 29.6 Å². The zero-order valence-electron chi connectivity index (χ0n) is 9.20. The predicted molar refractivity (Wildman–Crippen MR) is 57.0 cm³/mol. The SMILES string of the molecule is COc1ccc(CC2(O)CCOC2)cc1F. The predicted octanol–water partition coefficient (Wildman–Crippen LogP) is 1.53. The van der Waals surface area contributed by atoms with Crippen LogP contribution in [0, 0.1) is 5.82 Å². The van der Waals surface area contributed by atoms with Crippen molar-refractivity contribution in [2.45, 2.75) is 18.4 Å². The third-order valence-corrected chi connectivity index (χ3v) is 2.83. The van der Waals surface area contributed by atoms with E-state index in [1.807, 2.05) is 0 Å². The first-order valence-corrected chi connectivity index (χ1v) is 5.25.